The summed E-state index contributed by atoms with van der Waals surface area (Å²) < 4.78 is 10.7. The van der Waals surface area contributed by atoms with E-state index in [0.717, 1.165) is 17.1 Å². The van der Waals surface area contributed by atoms with E-state index in [4.69, 9.17) is 14.6 Å². The molecule has 25 heavy (non-hydrogen) atoms. The summed E-state index contributed by atoms with van der Waals surface area (Å²) in [5.41, 5.74) is -0.0202. The Bertz CT molecular complexity index is 680. The van der Waals surface area contributed by atoms with Gasteiger partial charge in [0.1, 0.15) is 0 Å². The Balaban J connectivity index is 2.05. The van der Waals surface area contributed by atoms with Crippen molar-refractivity contribution in [1.29, 1.82) is 0 Å². The Morgan fingerprint density at radius 1 is 1.32 bits per heavy atom. The topological polar surface area (TPSA) is 76.1 Å². The molecule has 0 saturated carbocycles. The number of carbonyl (C=O) groups excluding carboxylic acids is 1. The Hall–Kier alpha value is -2.50. The average Bonchev–Trinajstić information content (AvgIpc) is 3.01. The van der Waals surface area contributed by atoms with Gasteiger partial charge in [-0.05, 0) is 51.8 Å². The third kappa shape index (κ3) is 4.53. The number of benzene rings is 1. The van der Waals surface area contributed by atoms with Crippen molar-refractivity contribution in [2.75, 3.05) is 13.3 Å². The van der Waals surface area contributed by atoms with Crippen molar-refractivity contribution in [3.8, 4) is 11.5 Å². The minimum Gasteiger partial charge on any atom is -0.481 e. The van der Waals surface area contributed by atoms with Gasteiger partial charge in [-0.15, -0.1) is 0 Å². The highest BCUT2D eigenvalue weighted by Gasteiger charge is 2.25. The molecule has 6 nitrogen and oxygen atoms in total. The smallest absolute Gasteiger partial charge is 0.312 e. The van der Waals surface area contributed by atoms with Crippen molar-refractivity contribution in [2.24, 2.45) is 5.41 Å². The maximum Gasteiger partial charge on any atom is 0.312 e. The van der Waals surface area contributed by atoms with Gasteiger partial charge in [0, 0.05) is 18.7 Å². The van der Waals surface area contributed by atoms with Crippen LogP contribution in [-0.4, -0.2) is 41.3 Å². The summed E-state index contributed by atoms with van der Waals surface area (Å²) >= 11 is 0. The van der Waals surface area contributed by atoms with E-state index in [2.05, 4.69) is 0 Å². The van der Waals surface area contributed by atoms with Gasteiger partial charge in [-0.1, -0.05) is 12.1 Å². The van der Waals surface area contributed by atoms with Gasteiger partial charge < -0.3 is 19.5 Å². The van der Waals surface area contributed by atoms with Crippen LogP contribution in [-0.2, 0) is 16.0 Å². The molecule has 1 unspecified atom stereocenters. The molecule has 0 fully saturated rings. The molecule has 0 aromatic heterocycles. The van der Waals surface area contributed by atoms with Gasteiger partial charge in [0.15, 0.2) is 11.5 Å². The van der Waals surface area contributed by atoms with E-state index >= 15 is 0 Å². The molecule has 1 aliphatic rings. The summed E-state index contributed by atoms with van der Waals surface area (Å²) in [6.45, 7) is 7.78. The molecule has 1 heterocycles. The molecule has 1 amide bonds. The summed E-state index contributed by atoms with van der Waals surface area (Å²) in [6.07, 6.45) is 3.47. The van der Waals surface area contributed by atoms with Crippen LogP contribution in [0.4, 0.5) is 0 Å². The SMILES string of the molecule is CCN(C(=O)/C=C/C(C)(C)C(=O)O)C(C)Cc1ccc2c(c1)OCO2. The summed E-state index contributed by atoms with van der Waals surface area (Å²) in [5, 5.41) is 9.13. The fraction of sp³-hybridized carbons (Fsp3) is 0.474. The summed E-state index contributed by atoms with van der Waals surface area (Å²) in [6, 6.07) is 5.74. The van der Waals surface area contributed by atoms with Crippen molar-refractivity contribution >= 4 is 11.9 Å². The second kappa shape index (κ2) is 7.59. The molecule has 0 bridgehead atoms. The number of hydrogen-bond donors (Lipinski definition) is 1. The molecule has 1 aromatic carbocycles. The van der Waals surface area contributed by atoms with Crippen LogP contribution < -0.4 is 9.47 Å². The number of carboxylic acid groups (broad SMARTS) is 1. The Morgan fingerprint density at radius 2 is 2.00 bits per heavy atom. The lowest BCUT2D eigenvalue weighted by Crippen LogP contribution is -2.39. The monoisotopic (exact) mass is 347 g/mol. The molecule has 1 aliphatic heterocycles. The van der Waals surface area contributed by atoms with E-state index in [1.54, 1.807) is 18.7 Å². The Kier molecular flexibility index (Phi) is 5.72. The lowest BCUT2D eigenvalue weighted by atomic mass is 9.93. The number of carboxylic acids is 1. The van der Waals surface area contributed by atoms with E-state index in [1.807, 2.05) is 32.0 Å². The van der Waals surface area contributed by atoms with E-state index < -0.39 is 11.4 Å². The molecule has 1 aromatic rings. The first-order valence-electron chi connectivity index (χ1n) is 8.36. The molecule has 0 spiro atoms. The quantitative estimate of drug-likeness (QED) is 0.768. The van der Waals surface area contributed by atoms with Crippen LogP contribution in [0.15, 0.2) is 30.4 Å². The van der Waals surface area contributed by atoms with Gasteiger partial charge in [0.25, 0.3) is 0 Å². The summed E-state index contributed by atoms with van der Waals surface area (Å²) in [5.74, 6) is 0.305. The first-order chi connectivity index (χ1) is 11.7. The van der Waals surface area contributed by atoms with Gasteiger partial charge in [0.2, 0.25) is 12.7 Å². The third-order valence-electron chi connectivity index (χ3n) is 4.32. The minimum atomic E-state index is -1.07. The highest BCUT2D eigenvalue weighted by atomic mass is 16.7. The van der Waals surface area contributed by atoms with Crippen molar-refractivity contribution in [3.63, 3.8) is 0 Å². The van der Waals surface area contributed by atoms with E-state index in [9.17, 15) is 9.59 Å². The van der Waals surface area contributed by atoms with Crippen LogP contribution in [0.2, 0.25) is 0 Å². The second-order valence-corrected chi connectivity index (χ2v) is 6.73. The lowest BCUT2D eigenvalue weighted by molar-refractivity contribution is -0.144. The first-order valence-corrected chi connectivity index (χ1v) is 8.36. The molecular formula is C19H25NO5. The molecule has 1 atom stereocenters. The number of carbonyl (C=O) groups is 2. The highest BCUT2D eigenvalue weighted by molar-refractivity contribution is 5.89. The van der Waals surface area contributed by atoms with Crippen LogP contribution in [0, 0.1) is 5.41 Å². The number of amides is 1. The van der Waals surface area contributed by atoms with Gasteiger partial charge in [-0.2, -0.15) is 0 Å². The fourth-order valence-corrected chi connectivity index (χ4v) is 2.65. The molecule has 0 radical (unpaired) electrons. The number of aliphatic carboxylic acids is 1. The maximum atomic E-state index is 12.5. The normalized spacial score (nSPS) is 14.6. The maximum absolute atomic E-state index is 12.5. The fourth-order valence-electron chi connectivity index (χ4n) is 2.65. The Labute approximate surface area is 148 Å². The zero-order valence-corrected chi connectivity index (χ0v) is 15.1. The van der Waals surface area contributed by atoms with Crippen LogP contribution in [0.25, 0.3) is 0 Å². The largest absolute Gasteiger partial charge is 0.481 e. The molecule has 2 rings (SSSR count). The molecule has 0 aliphatic carbocycles. The van der Waals surface area contributed by atoms with E-state index in [0.29, 0.717) is 13.0 Å². The van der Waals surface area contributed by atoms with Crippen LogP contribution in [0.5, 0.6) is 11.5 Å². The highest BCUT2D eigenvalue weighted by Crippen LogP contribution is 2.33. The van der Waals surface area contributed by atoms with Crippen LogP contribution in [0.3, 0.4) is 0 Å². The lowest BCUT2D eigenvalue weighted by Gasteiger charge is -2.27. The van der Waals surface area contributed by atoms with Crippen LogP contribution in [0.1, 0.15) is 33.3 Å². The standard InChI is InChI=1S/C19H25NO5/c1-5-20(17(21)8-9-19(3,4)18(22)23)13(2)10-14-6-7-15-16(11-14)25-12-24-15/h6-9,11,13H,5,10,12H2,1-4H3,(H,22,23)/b9-8+. The van der Waals surface area contributed by atoms with Gasteiger partial charge in [-0.3, -0.25) is 9.59 Å². The molecule has 0 saturated heterocycles. The predicted octanol–water partition coefficient (Wildman–Crippen LogP) is 2.86. The number of fused-ring (bicyclic) bond motifs is 1. The zero-order chi connectivity index (χ0) is 18.6. The first kappa shape index (κ1) is 18.8. The molecule has 1 N–H and O–H groups in total. The number of nitrogens with zero attached hydrogens (tertiary/aromatic N) is 1. The predicted molar refractivity (Wildman–Crippen MR) is 93.7 cm³/mol. The number of likely N-dealkylation sites (N-methyl/N-ethyl adjacent to an activating group) is 1. The summed E-state index contributed by atoms with van der Waals surface area (Å²) in [4.78, 5) is 25.3. The second-order valence-electron chi connectivity index (χ2n) is 6.73. The van der Waals surface area contributed by atoms with Crippen LogP contribution >= 0.6 is 0 Å². The van der Waals surface area contributed by atoms with Crippen molar-refractivity contribution in [2.45, 2.75) is 40.2 Å². The third-order valence-corrected chi connectivity index (χ3v) is 4.32. The number of ether oxygens (including phenoxy) is 2. The van der Waals surface area contributed by atoms with Crippen molar-refractivity contribution in [3.05, 3.63) is 35.9 Å². The van der Waals surface area contributed by atoms with Crippen molar-refractivity contribution in [1.82, 2.24) is 4.90 Å². The Morgan fingerprint density at radius 3 is 2.64 bits per heavy atom. The number of rotatable bonds is 7. The van der Waals surface area contributed by atoms with E-state index in [1.165, 1.54) is 12.2 Å². The minimum absolute atomic E-state index is 0.0320. The summed E-state index contributed by atoms with van der Waals surface area (Å²) in [7, 11) is 0. The van der Waals surface area contributed by atoms with Gasteiger partial charge in [0.05, 0.1) is 5.41 Å². The van der Waals surface area contributed by atoms with Crippen molar-refractivity contribution < 1.29 is 24.2 Å². The zero-order valence-electron chi connectivity index (χ0n) is 15.1. The van der Waals surface area contributed by atoms with Gasteiger partial charge in [-0.25, -0.2) is 0 Å². The molecule has 136 valence electrons. The molecular weight excluding hydrogens is 322 g/mol. The average molecular weight is 347 g/mol. The van der Waals surface area contributed by atoms with E-state index in [-0.39, 0.29) is 18.7 Å². The molecule has 6 heteroatoms. The van der Waals surface area contributed by atoms with Gasteiger partial charge >= 0.3 is 5.97 Å². The number of hydrogen-bond acceptors (Lipinski definition) is 4.